The van der Waals surface area contributed by atoms with Crippen LogP contribution >= 0.6 is 0 Å². The van der Waals surface area contributed by atoms with Crippen LogP contribution in [0.4, 0.5) is 0 Å². The summed E-state index contributed by atoms with van der Waals surface area (Å²) in [6, 6.07) is 6.22. The summed E-state index contributed by atoms with van der Waals surface area (Å²) < 4.78 is 22.4. The number of sulfonamides is 1. The van der Waals surface area contributed by atoms with Gasteiger partial charge >= 0.3 is 0 Å². The molecule has 1 heterocycles. The quantitative estimate of drug-likeness (QED) is 0.839. The predicted molar refractivity (Wildman–Crippen MR) is 89.1 cm³/mol. The Morgan fingerprint density at radius 2 is 1.96 bits per heavy atom. The first-order valence-corrected chi connectivity index (χ1v) is 9.50. The van der Waals surface area contributed by atoms with Crippen molar-refractivity contribution in [1.82, 2.24) is 10.2 Å². The maximum absolute atomic E-state index is 12.0. The molecule has 1 saturated heterocycles. The fourth-order valence-corrected chi connectivity index (χ4v) is 3.25. The lowest BCUT2D eigenvalue weighted by atomic mass is 10.0. The number of hydrogen-bond donors (Lipinski definition) is 2. The van der Waals surface area contributed by atoms with E-state index in [1.54, 1.807) is 12.1 Å². The van der Waals surface area contributed by atoms with Crippen LogP contribution < -0.4 is 10.5 Å². The van der Waals surface area contributed by atoms with E-state index < -0.39 is 10.0 Å². The van der Waals surface area contributed by atoms with Gasteiger partial charge in [0.05, 0.1) is 11.4 Å². The summed E-state index contributed by atoms with van der Waals surface area (Å²) in [6.45, 7) is 5.00. The lowest BCUT2D eigenvalue weighted by Crippen LogP contribution is -2.37. The Bertz CT molecular complexity index is 628. The summed E-state index contributed by atoms with van der Waals surface area (Å²) in [6.07, 6.45) is 3.51. The molecule has 0 unspecified atom stereocenters. The number of benzene rings is 1. The highest BCUT2D eigenvalue weighted by Gasteiger charge is 2.16. The summed E-state index contributed by atoms with van der Waals surface area (Å²) in [7, 11) is -3.67. The maximum atomic E-state index is 12.0. The fourth-order valence-electron chi connectivity index (χ4n) is 2.74. The molecule has 23 heavy (non-hydrogen) atoms. The molecule has 3 N–H and O–H groups in total. The molecule has 1 aromatic rings. The highest BCUT2D eigenvalue weighted by Crippen LogP contribution is 2.16. The van der Waals surface area contributed by atoms with Gasteiger partial charge in [0.15, 0.2) is 0 Å². The molecular weight excluding hydrogens is 314 g/mol. The third kappa shape index (κ3) is 5.93. The molecule has 0 aliphatic carbocycles. The number of nitrogens with zero attached hydrogens (tertiary/aromatic N) is 1. The largest absolute Gasteiger partial charge is 0.351 e. The third-order valence-electron chi connectivity index (χ3n) is 4.22. The van der Waals surface area contributed by atoms with Gasteiger partial charge in [0, 0.05) is 6.54 Å². The minimum absolute atomic E-state index is 0.00456. The highest BCUT2D eigenvalue weighted by atomic mass is 32.2. The van der Waals surface area contributed by atoms with Crippen molar-refractivity contribution in [3.8, 4) is 0 Å². The molecule has 0 spiro atoms. The first-order valence-electron chi connectivity index (χ1n) is 7.95. The molecule has 1 aliphatic heterocycles. The van der Waals surface area contributed by atoms with Crippen molar-refractivity contribution in [3.63, 3.8) is 0 Å². The van der Waals surface area contributed by atoms with Gasteiger partial charge in [-0.1, -0.05) is 19.1 Å². The lowest BCUT2D eigenvalue weighted by Gasteiger charge is -2.19. The molecule has 0 saturated carbocycles. The first-order chi connectivity index (χ1) is 10.8. The van der Waals surface area contributed by atoms with E-state index in [4.69, 9.17) is 5.14 Å². The van der Waals surface area contributed by atoms with Gasteiger partial charge < -0.3 is 5.32 Å². The molecule has 2 rings (SSSR count). The standard InChI is InChI=1S/C16H25N3O3S/c1-13-3-2-9-19(10-8-13)12-16(20)18-11-14-4-6-15(7-5-14)23(17,21)22/h4-7,13H,2-3,8-12H2,1H3,(H,18,20)(H2,17,21,22)/t13-/m0/s1. The van der Waals surface area contributed by atoms with Crippen molar-refractivity contribution in [2.45, 2.75) is 37.6 Å². The van der Waals surface area contributed by atoms with E-state index in [-0.39, 0.29) is 10.8 Å². The van der Waals surface area contributed by atoms with E-state index in [2.05, 4.69) is 17.1 Å². The number of carbonyl (C=O) groups is 1. The van der Waals surface area contributed by atoms with Gasteiger partial charge in [0.1, 0.15) is 0 Å². The van der Waals surface area contributed by atoms with Crippen LogP contribution in [0.1, 0.15) is 31.7 Å². The number of primary sulfonamides is 1. The van der Waals surface area contributed by atoms with E-state index in [0.29, 0.717) is 13.1 Å². The number of amides is 1. The van der Waals surface area contributed by atoms with Crippen LogP contribution in [0.15, 0.2) is 29.2 Å². The SMILES string of the molecule is C[C@H]1CCCN(CC(=O)NCc2ccc(S(N)(=O)=O)cc2)CC1. The topological polar surface area (TPSA) is 92.5 Å². The van der Waals surface area contributed by atoms with Gasteiger partial charge in [-0.3, -0.25) is 9.69 Å². The Morgan fingerprint density at radius 3 is 2.61 bits per heavy atom. The molecule has 6 nitrogen and oxygen atoms in total. The summed E-state index contributed by atoms with van der Waals surface area (Å²) in [5.41, 5.74) is 0.843. The van der Waals surface area contributed by atoms with Crippen LogP contribution in [0, 0.1) is 5.92 Å². The monoisotopic (exact) mass is 339 g/mol. The van der Waals surface area contributed by atoms with E-state index in [1.807, 2.05) is 0 Å². The van der Waals surface area contributed by atoms with Crippen LogP contribution in [-0.2, 0) is 21.4 Å². The van der Waals surface area contributed by atoms with Gasteiger partial charge in [-0.05, 0) is 56.0 Å². The number of hydrogen-bond acceptors (Lipinski definition) is 4. The summed E-state index contributed by atoms with van der Waals surface area (Å²) in [5.74, 6) is 0.732. The predicted octanol–water partition coefficient (Wildman–Crippen LogP) is 1.07. The van der Waals surface area contributed by atoms with E-state index >= 15 is 0 Å². The summed E-state index contributed by atoms with van der Waals surface area (Å²) >= 11 is 0. The average molecular weight is 339 g/mol. The minimum atomic E-state index is -3.67. The van der Waals surface area contributed by atoms with Crippen molar-refractivity contribution in [2.24, 2.45) is 11.1 Å². The molecule has 0 aromatic heterocycles. The zero-order valence-electron chi connectivity index (χ0n) is 13.5. The second-order valence-corrected chi connectivity index (χ2v) is 7.84. The molecule has 1 fully saturated rings. The third-order valence-corrected chi connectivity index (χ3v) is 5.15. The second kappa shape index (κ2) is 7.90. The Kier molecular flexibility index (Phi) is 6.15. The summed E-state index contributed by atoms with van der Waals surface area (Å²) in [5, 5.41) is 7.93. The van der Waals surface area contributed by atoms with Crippen LogP contribution in [0.25, 0.3) is 0 Å². The van der Waals surface area contributed by atoms with Crippen molar-refractivity contribution in [3.05, 3.63) is 29.8 Å². The normalized spacial score (nSPS) is 20.0. The van der Waals surface area contributed by atoms with Crippen LogP contribution in [-0.4, -0.2) is 38.9 Å². The van der Waals surface area contributed by atoms with Crippen molar-refractivity contribution >= 4 is 15.9 Å². The van der Waals surface area contributed by atoms with Crippen LogP contribution in [0.3, 0.4) is 0 Å². The zero-order valence-corrected chi connectivity index (χ0v) is 14.3. The Morgan fingerprint density at radius 1 is 1.26 bits per heavy atom. The molecule has 0 radical (unpaired) electrons. The summed E-state index contributed by atoms with van der Waals surface area (Å²) in [4.78, 5) is 14.3. The van der Waals surface area contributed by atoms with Gasteiger partial charge in [-0.2, -0.15) is 0 Å². The molecule has 1 aliphatic rings. The van der Waals surface area contributed by atoms with Gasteiger partial charge in [-0.15, -0.1) is 0 Å². The molecule has 0 bridgehead atoms. The fraction of sp³-hybridized carbons (Fsp3) is 0.562. The first kappa shape index (κ1) is 17.9. The number of nitrogens with one attached hydrogen (secondary N) is 1. The Balaban J connectivity index is 1.80. The van der Waals surface area contributed by atoms with Crippen molar-refractivity contribution < 1.29 is 13.2 Å². The van der Waals surface area contributed by atoms with E-state index in [1.165, 1.54) is 18.6 Å². The minimum Gasteiger partial charge on any atom is -0.351 e. The lowest BCUT2D eigenvalue weighted by molar-refractivity contribution is -0.122. The molecular formula is C16H25N3O3S. The van der Waals surface area contributed by atoms with Gasteiger partial charge in [0.25, 0.3) is 0 Å². The number of rotatable bonds is 5. The van der Waals surface area contributed by atoms with E-state index in [0.717, 1.165) is 37.4 Å². The highest BCUT2D eigenvalue weighted by molar-refractivity contribution is 7.89. The van der Waals surface area contributed by atoms with Crippen molar-refractivity contribution in [2.75, 3.05) is 19.6 Å². The van der Waals surface area contributed by atoms with Gasteiger partial charge in [0.2, 0.25) is 15.9 Å². The van der Waals surface area contributed by atoms with Crippen molar-refractivity contribution in [1.29, 1.82) is 0 Å². The van der Waals surface area contributed by atoms with Crippen LogP contribution in [0.2, 0.25) is 0 Å². The molecule has 1 amide bonds. The zero-order chi connectivity index (χ0) is 16.9. The molecule has 7 heteroatoms. The average Bonchev–Trinajstić information content (AvgIpc) is 2.69. The molecule has 128 valence electrons. The number of likely N-dealkylation sites (tertiary alicyclic amines) is 1. The van der Waals surface area contributed by atoms with E-state index in [9.17, 15) is 13.2 Å². The van der Waals surface area contributed by atoms with Crippen LogP contribution in [0.5, 0.6) is 0 Å². The molecule has 1 aromatic carbocycles. The Hall–Kier alpha value is -1.44. The Labute approximate surface area is 138 Å². The second-order valence-electron chi connectivity index (χ2n) is 6.28. The van der Waals surface area contributed by atoms with Gasteiger partial charge in [-0.25, -0.2) is 13.6 Å². The maximum Gasteiger partial charge on any atom is 0.238 e. The molecule has 1 atom stereocenters. The number of carbonyl (C=O) groups excluding carboxylic acids is 1. The number of nitrogens with two attached hydrogens (primary N) is 1. The smallest absolute Gasteiger partial charge is 0.238 e.